The smallest absolute Gasteiger partial charge is 0.387 e. The number of hydrogen-bond donors (Lipinski definition) is 1. The third kappa shape index (κ3) is 8.01. The largest absolute Gasteiger partial charge is 0.493 e. The molecule has 1 amide bonds. The molecule has 2 aromatic carbocycles. The first-order chi connectivity index (χ1) is 15.3. The number of nitrogens with one attached hydrogen (secondary N) is 1. The predicted molar refractivity (Wildman–Crippen MR) is 110 cm³/mol. The minimum atomic E-state index is -2.98. The summed E-state index contributed by atoms with van der Waals surface area (Å²) in [6.45, 7) is -3.76. The molecule has 0 aromatic heterocycles. The van der Waals surface area contributed by atoms with Crippen molar-refractivity contribution >= 4 is 12.0 Å². The average Bonchev–Trinajstić information content (AvgIpc) is 2.73. The molecule has 2 rings (SSSR count). The van der Waals surface area contributed by atoms with Crippen LogP contribution in [0.1, 0.15) is 18.1 Å². The van der Waals surface area contributed by atoms with E-state index in [-0.39, 0.29) is 36.1 Å². The summed E-state index contributed by atoms with van der Waals surface area (Å²) in [5, 5.41) is 2.67. The molecular weight excluding hydrogens is 434 g/mol. The Morgan fingerprint density at radius 3 is 2.31 bits per heavy atom. The van der Waals surface area contributed by atoms with Gasteiger partial charge in [0.1, 0.15) is 0 Å². The summed E-state index contributed by atoms with van der Waals surface area (Å²) in [4.78, 5) is 12.0. The molecule has 0 saturated carbocycles. The number of alkyl halides is 4. The Balaban J connectivity index is 1.93. The van der Waals surface area contributed by atoms with Gasteiger partial charge in [0, 0.05) is 12.6 Å². The summed E-state index contributed by atoms with van der Waals surface area (Å²) in [5.74, 6) is -0.267. The van der Waals surface area contributed by atoms with Gasteiger partial charge >= 0.3 is 13.2 Å². The third-order valence-corrected chi connectivity index (χ3v) is 4.07. The lowest BCUT2D eigenvalue weighted by atomic mass is 10.1. The molecule has 2 aromatic rings. The van der Waals surface area contributed by atoms with Crippen molar-refractivity contribution in [3.05, 3.63) is 53.6 Å². The molecule has 0 aliphatic carbocycles. The van der Waals surface area contributed by atoms with E-state index in [1.54, 1.807) is 13.0 Å². The highest BCUT2D eigenvalue weighted by atomic mass is 19.3. The first-order valence-corrected chi connectivity index (χ1v) is 9.61. The normalized spacial score (nSPS) is 11.1. The number of ether oxygens (including phenoxy) is 4. The predicted octanol–water partition coefficient (Wildman–Crippen LogP) is 4.67. The minimum Gasteiger partial charge on any atom is -0.493 e. The fourth-order valence-electron chi connectivity index (χ4n) is 2.72. The molecule has 32 heavy (non-hydrogen) atoms. The first-order valence-electron chi connectivity index (χ1n) is 9.61. The summed E-state index contributed by atoms with van der Waals surface area (Å²) in [6.07, 6.45) is 3.14. The van der Waals surface area contributed by atoms with E-state index < -0.39 is 19.1 Å². The van der Waals surface area contributed by atoms with Crippen molar-refractivity contribution in [2.24, 2.45) is 0 Å². The van der Waals surface area contributed by atoms with Crippen molar-refractivity contribution in [1.82, 2.24) is 5.32 Å². The highest BCUT2D eigenvalue weighted by Gasteiger charge is 2.12. The summed E-state index contributed by atoms with van der Waals surface area (Å²) >= 11 is 0. The molecule has 0 saturated heterocycles. The Kier molecular flexibility index (Phi) is 9.65. The molecule has 0 bridgehead atoms. The number of methoxy groups -OCH3 is 1. The first kappa shape index (κ1) is 24.8. The lowest BCUT2D eigenvalue weighted by molar-refractivity contribution is -0.116. The Hall–Kier alpha value is -3.43. The maximum absolute atomic E-state index is 12.5. The second-order valence-corrected chi connectivity index (χ2v) is 6.26. The van der Waals surface area contributed by atoms with Crippen LogP contribution in [0.4, 0.5) is 17.6 Å². The van der Waals surface area contributed by atoms with E-state index in [9.17, 15) is 22.4 Å². The number of amides is 1. The third-order valence-electron chi connectivity index (χ3n) is 4.07. The van der Waals surface area contributed by atoms with Crippen LogP contribution in [0.2, 0.25) is 0 Å². The van der Waals surface area contributed by atoms with Crippen LogP contribution in [-0.4, -0.2) is 39.4 Å². The van der Waals surface area contributed by atoms with Gasteiger partial charge in [-0.3, -0.25) is 4.79 Å². The molecule has 1 N–H and O–H groups in total. The number of hydrogen-bond acceptors (Lipinski definition) is 5. The maximum Gasteiger partial charge on any atom is 0.387 e. The molecule has 0 spiro atoms. The van der Waals surface area contributed by atoms with Gasteiger partial charge in [-0.05, 0) is 54.8 Å². The van der Waals surface area contributed by atoms with Crippen molar-refractivity contribution in [3.63, 3.8) is 0 Å². The molecule has 0 atom stereocenters. The van der Waals surface area contributed by atoms with Gasteiger partial charge in [-0.2, -0.15) is 17.6 Å². The Bertz CT molecular complexity index is 921. The van der Waals surface area contributed by atoms with Gasteiger partial charge in [0.15, 0.2) is 23.0 Å². The van der Waals surface area contributed by atoms with Crippen LogP contribution in [0.5, 0.6) is 23.0 Å². The lowest BCUT2D eigenvalue weighted by Crippen LogP contribution is -2.23. The molecule has 0 fully saturated rings. The van der Waals surface area contributed by atoms with Crippen LogP contribution in [-0.2, 0) is 11.2 Å². The fourth-order valence-corrected chi connectivity index (χ4v) is 2.72. The van der Waals surface area contributed by atoms with E-state index in [0.717, 1.165) is 0 Å². The van der Waals surface area contributed by atoms with Gasteiger partial charge < -0.3 is 24.3 Å². The van der Waals surface area contributed by atoms with Gasteiger partial charge in [0.05, 0.1) is 13.7 Å². The number of rotatable bonds is 12. The molecule has 0 aliphatic rings. The number of halogens is 4. The van der Waals surface area contributed by atoms with Crippen molar-refractivity contribution in [2.45, 2.75) is 26.6 Å². The lowest BCUT2D eigenvalue weighted by Gasteiger charge is -2.12. The van der Waals surface area contributed by atoms with Crippen molar-refractivity contribution in [2.75, 3.05) is 20.3 Å². The zero-order chi connectivity index (χ0) is 23.5. The topological polar surface area (TPSA) is 66.0 Å². The fraction of sp³-hybridized carbons (Fsp3) is 0.318. The zero-order valence-corrected chi connectivity index (χ0v) is 17.4. The van der Waals surface area contributed by atoms with Crippen LogP contribution in [0.3, 0.4) is 0 Å². The summed E-state index contributed by atoms with van der Waals surface area (Å²) in [5.41, 5.74) is 1.22. The van der Waals surface area contributed by atoms with Gasteiger partial charge in [0.25, 0.3) is 0 Å². The molecule has 6 nitrogen and oxygen atoms in total. The van der Waals surface area contributed by atoms with Gasteiger partial charge in [-0.1, -0.05) is 12.1 Å². The Morgan fingerprint density at radius 1 is 0.969 bits per heavy atom. The second-order valence-electron chi connectivity index (χ2n) is 6.26. The second kappa shape index (κ2) is 12.4. The summed E-state index contributed by atoms with van der Waals surface area (Å²) in [6, 6.07) is 8.92. The van der Waals surface area contributed by atoms with Crippen LogP contribution < -0.4 is 24.3 Å². The molecular formula is C22H23F4NO5. The van der Waals surface area contributed by atoms with Gasteiger partial charge in [-0.15, -0.1) is 0 Å². The van der Waals surface area contributed by atoms with Crippen molar-refractivity contribution < 1.29 is 41.3 Å². The average molecular weight is 457 g/mol. The molecule has 174 valence electrons. The minimum absolute atomic E-state index is 0.0874. The zero-order valence-electron chi connectivity index (χ0n) is 17.4. The van der Waals surface area contributed by atoms with Crippen LogP contribution in [0, 0.1) is 0 Å². The quantitative estimate of drug-likeness (QED) is 0.371. The van der Waals surface area contributed by atoms with Crippen LogP contribution in [0.25, 0.3) is 6.08 Å². The molecule has 0 unspecified atom stereocenters. The van der Waals surface area contributed by atoms with Crippen molar-refractivity contribution in [1.29, 1.82) is 0 Å². The van der Waals surface area contributed by atoms with E-state index in [1.165, 1.54) is 49.6 Å². The highest BCUT2D eigenvalue weighted by molar-refractivity contribution is 5.91. The van der Waals surface area contributed by atoms with Gasteiger partial charge in [0.2, 0.25) is 5.91 Å². The van der Waals surface area contributed by atoms with Crippen LogP contribution >= 0.6 is 0 Å². The van der Waals surface area contributed by atoms with E-state index in [4.69, 9.17) is 9.47 Å². The monoisotopic (exact) mass is 457 g/mol. The van der Waals surface area contributed by atoms with Crippen molar-refractivity contribution in [3.8, 4) is 23.0 Å². The Morgan fingerprint density at radius 2 is 1.66 bits per heavy atom. The SMILES string of the molecule is CCOc1cc(/C=C/C(=O)NCCc2ccc(OC)c(OC(F)F)c2)ccc1OC(F)F. The maximum atomic E-state index is 12.5. The van der Waals surface area contributed by atoms with Gasteiger partial charge in [-0.25, -0.2) is 0 Å². The van der Waals surface area contributed by atoms with E-state index in [2.05, 4.69) is 14.8 Å². The highest BCUT2D eigenvalue weighted by Crippen LogP contribution is 2.31. The molecule has 0 aliphatic heterocycles. The number of carbonyl (C=O) groups is 1. The number of benzene rings is 2. The molecule has 0 heterocycles. The summed E-state index contributed by atoms with van der Waals surface area (Å²) < 4.78 is 69.0. The number of carbonyl (C=O) groups excluding carboxylic acids is 1. The summed E-state index contributed by atoms with van der Waals surface area (Å²) in [7, 11) is 1.34. The van der Waals surface area contributed by atoms with E-state index >= 15 is 0 Å². The molecule has 0 radical (unpaired) electrons. The molecule has 10 heteroatoms. The van der Waals surface area contributed by atoms with E-state index in [1.807, 2.05) is 0 Å². The Labute approximate surface area is 182 Å². The van der Waals surface area contributed by atoms with Crippen LogP contribution in [0.15, 0.2) is 42.5 Å². The van der Waals surface area contributed by atoms with E-state index in [0.29, 0.717) is 17.5 Å². The standard InChI is InChI=1S/C22H23F4NO5/c1-3-30-18-12-14(5-8-17(18)31-21(23)24)6-9-20(28)27-11-10-15-4-7-16(29-2)19(13-15)32-22(25)26/h4-9,12-13,21-22H,3,10-11H2,1-2H3,(H,27,28)/b9-6+.